The summed E-state index contributed by atoms with van der Waals surface area (Å²) in [4.78, 5) is 49.2. The summed E-state index contributed by atoms with van der Waals surface area (Å²) in [6.45, 7) is -0.535. The van der Waals surface area contributed by atoms with Crippen LogP contribution in [0.4, 0.5) is 16.2 Å². The van der Waals surface area contributed by atoms with Gasteiger partial charge in [0.1, 0.15) is 24.6 Å². The Balaban J connectivity index is 1.47. The van der Waals surface area contributed by atoms with Gasteiger partial charge in [-0.05, 0) is 41.5 Å². The van der Waals surface area contributed by atoms with Gasteiger partial charge in [0.05, 0.1) is 29.9 Å². The van der Waals surface area contributed by atoms with Gasteiger partial charge in [-0.15, -0.1) is 0 Å². The predicted octanol–water partition coefficient (Wildman–Crippen LogP) is 4.38. The maximum Gasteiger partial charge on any atom is 0.329 e. The summed E-state index contributed by atoms with van der Waals surface area (Å²) in [5, 5.41) is 16.2. The van der Waals surface area contributed by atoms with Crippen LogP contribution in [0.25, 0.3) is 6.08 Å². The molecule has 0 atom stereocenters. The van der Waals surface area contributed by atoms with Gasteiger partial charge < -0.3 is 24.8 Å². The first-order chi connectivity index (χ1) is 19.2. The molecule has 0 bridgehead atoms. The number of halogens is 1. The normalized spacial score (nSPS) is 13.7. The molecule has 206 valence electrons. The third kappa shape index (κ3) is 6.30. The molecule has 2 N–H and O–H groups in total. The maximum atomic E-state index is 12.9. The predicted molar refractivity (Wildman–Crippen MR) is 145 cm³/mol. The fourth-order valence-electron chi connectivity index (χ4n) is 3.84. The topological polar surface area (TPSA) is 149 Å². The maximum absolute atomic E-state index is 12.9. The third-order valence-corrected chi connectivity index (χ3v) is 5.99. The monoisotopic (exact) mass is 566 g/mol. The van der Waals surface area contributed by atoms with E-state index in [4.69, 9.17) is 25.8 Å². The Morgan fingerprint density at radius 2 is 1.82 bits per heavy atom. The molecule has 40 heavy (non-hydrogen) atoms. The van der Waals surface area contributed by atoms with Crippen molar-refractivity contribution in [2.75, 3.05) is 26.1 Å². The van der Waals surface area contributed by atoms with Crippen LogP contribution in [0.15, 0.2) is 66.4 Å². The number of para-hydroxylation sites is 2. The number of non-ortho nitro benzene ring substituents is 1. The average molecular weight is 567 g/mol. The lowest BCUT2D eigenvalue weighted by molar-refractivity contribution is -0.384. The quantitative estimate of drug-likeness (QED) is 0.159. The standard InChI is InChI=1S/C27H23ClN4O8/c1-38-22-9-4-3-8-20(22)29-24(33)14-31-26(34)21(30-27(31)35)12-17-11-19(28)25(23(13-17)39-2)40-15-16-6-5-7-18(10-16)32(36)37/h3-13H,14-15H2,1-2H3,(H,29,33)(H,30,35)/b21-12+. The molecular weight excluding hydrogens is 544 g/mol. The van der Waals surface area contributed by atoms with Crippen LogP contribution >= 0.6 is 11.6 Å². The minimum atomic E-state index is -0.763. The van der Waals surface area contributed by atoms with Gasteiger partial charge in [0.2, 0.25) is 5.91 Å². The number of anilines is 1. The number of nitrogens with zero attached hydrogens (tertiary/aromatic N) is 2. The van der Waals surface area contributed by atoms with Crippen molar-refractivity contribution in [2.24, 2.45) is 0 Å². The molecule has 0 radical (unpaired) electrons. The molecule has 0 aromatic heterocycles. The van der Waals surface area contributed by atoms with Gasteiger partial charge in [-0.25, -0.2) is 9.69 Å². The van der Waals surface area contributed by atoms with Gasteiger partial charge in [-0.2, -0.15) is 0 Å². The van der Waals surface area contributed by atoms with E-state index in [1.165, 1.54) is 44.6 Å². The van der Waals surface area contributed by atoms with Crippen molar-refractivity contribution < 1.29 is 33.5 Å². The second-order valence-corrected chi connectivity index (χ2v) is 8.78. The highest BCUT2D eigenvalue weighted by molar-refractivity contribution is 6.32. The van der Waals surface area contributed by atoms with Crippen LogP contribution in [0.5, 0.6) is 17.2 Å². The van der Waals surface area contributed by atoms with Gasteiger partial charge in [-0.3, -0.25) is 19.7 Å². The van der Waals surface area contributed by atoms with Gasteiger partial charge in [0.25, 0.3) is 11.6 Å². The van der Waals surface area contributed by atoms with Crippen LogP contribution < -0.4 is 24.8 Å². The molecule has 1 aliphatic rings. The zero-order valence-corrected chi connectivity index (χ0v) is 22.1. The Morgan fingerprint density at radius 1 is 1.07 bits per heavy atom. The molecule has 1 saturated heterocycles. The molecule has 3 aromatic rings. The smallest absolute Gasteiger partial charge is 0.329 e. The van der Waals surface area contributed by atoms with Crippen molar-refractivity contribution in [3.63, 3.8) is 0 Å². The zero-order chi connectivity index (χ0) is 28.8. The first-order valence-corrected chi connectivity index (χ1v) is 12.1. The number of benzene rings is 3. The fraction of sp³-hybridized carbons (Fsp3) is 0.148. The van der Waals surface area contributed by atoms with E-state index in [1.54, 1.807) is 36.4 Å². The fourth-order valence-corrected chi connectivity index (χ4v) is 4.12. The Labute approximate surface area is 233 Å². The summed E-state index contributed by atoms with van der Waals surface area (Å²) in [6.07, 6.45) is 1.39. The third-order valence-electron chi connectivity index (χ3n) is 5.71. The summed E-state index contributed by atoms with van der Waals surface area (Å²) in [6, 6.07) is 15.0. The first kappa shape index (κ1) is 27.9. The number of hydrogen-bond donors (Lipinski definition) is 2. The Morgan fingerprint density at radius 3 is 2.55 bits per heavy atom. The van der Waals surface area contributed by atoms with Gasteiger partial charge >= 0.3 is 6.03 Å². The van der Waals surface area contributed by atoms with Crippen molar-refractivity contribution >= 4 is 46.9 Å². The number of nitro benzene ring substituents is 1. The Hall–Kier alpha value is -5.10. The average Bonchev–Trinajstić information content (AvgIpc) is 3.19. The lowest BCUT2D eigenvalue weighted by atomic mass is 10.1. The minimum absolute atomic E-state index is 0.0153. The number of imide groups is 1. The largest absolute Gasteiger partial charge is 0.495 e. The molecule has 13 heteroatoms. The van der Waals surface area contributed by atoms with Crippen LogP contribution in [0, 0.1) is 10.1 Å². The van der Waals surface area contributed by atoms with E-state index in [1.807, 2.05) is 0 Å². The summed E-state index contributed by atoms with van der Waals surface area (Å²) in [5.74, 6) is -0.453. The number of hydrogen-bond acceptors (Lipinski definition) is 8. The van der Waals surface area contributed by atoms with Gasteiger partial charge in [-0.1, -0.05) is 35.9 Å². The van der Waals surface area contributed by atoms with Crippen molar-refractivity contribution in [3.05, 3.63) is 92.6 Å². The highest BCUT2D eigenvalue weighted by Gasteiger charge is 2.35. The molecule has 1 aliphatic heterocycles. The van der Waals surface area contributed by atoms with E-state index in [-0.39, 0.29) is 34.5 Å². The number of carbonyl (C=O) groups excluding carboxylic acids is 3. The molecule has 1 fully saturated rings. The molecule has 0 unspecified atom stereocenters. The van der Waals surface area contributed by atoms with Gasteiger partial charge in [0, 0.05) is 12.1 Å². The van der Waals surface area contributed by atoms with Crippen LogP contribution in [0.2, 0.25) is 5.02 Å². The number of ether oxygens (including phenoxy) is 3. The summed E-state index contributed by atoms with van der Waals surface area (Å²) in [7, 11) is 2.85. The van der Waals surface area contributed by atoms with E-state index in [0.717, 1.165) is 4.90 Å². The lowest BCUT2D eigenvalue weighted by Gasteiger charge is -2.14. The first-order valence-electron chi connectivity index (χ1n) is 11.7. The summed E-state index contributed by atoms with van der Waals surface area (Å²) < 4.78 is 16.3. The van der Waals surface area contributed by atoms with Crippen LogP contribution in [-0.2, 0) is 16.2 Å². The molecule has 12 nitrogen and oxygen atoms in total. The van der Waals surface area contributed by atoms with Crippen LogP contribution in [0.3, 0.4) is 0 Å². The Kier molecular flexibility index (Phi) is 8.50. The SMILES string of the molecule is COc1ccccc1NC(=O)CN1C(=O)N/C(=C/c2cc(Cl)c(OCc3cccc([N+](=O)[O-])c3)c(OC)c2)C1=O. The van der Waals surface area contributed by atoms with E-state index in [0.29, 0.717) is 22.6 Å². The van der Waals surface area contributed by atoms with Crippen LogP contribution in [0.1, 0.15) is 11.1 Å². The highest BCUT2D eigenvalue weighted by Crippen LogP contribution is 2.38. The van der Waals surface area contributed by atoms with E-state index >= 15 is 0 Å². The molecule has 0 aliphatic carbocycles. The summed E-state index contributed by atoms with van der Waals surface area (Å²) >= 11 is 6.42. The summed E-state index contributed by atoms with van der Waals surface area (Å²) in [5.41, 5.74) is 1.21. The molecule has 1 heterocycles. The lowest BCUT2D eigenvalue weighted by Crippen LogP contribution is -2.38. The number of amides is 4. The molecule has 3 aromatic carbocycles. The number of urea groups is 1. The molecule has 0 spiro atoms. The molecule has 4 rings (SSSR count). The number of methoxy groups -OCH3 is 2. The molecular formula is C27H23ClN4O8. The van der Waals surface area contributed by atoms with Gasteiger partial charge in [0.15, 0.2) is 11.5 Å². The molecule has 4 amide bonds. The van der Waals surface area contributed by atoms with Crippen molar-refractivity contribution in [1.82, 2.24) is 10.2 Å². The number of nitrogens with one attached hydrogen (secondary N) is 2. The number of rotatable bonds is 10. The second-order valence-electron chi connectivity index (χ2n) is 8.38. The molecule has 0 saturated carbocycles. The second kappa shape index (κ2) is 12.2. The van der Waals surface area contributed by atoms with Crippen LogP contribution in [-0.4, -0.2) is 48.4 Å². The van der Waals surface area contributed by atoms with E-state index < -0.39 is 29.3 Å². The van der Waals surface area contributed by atoms with Crippen molar-refractivity contribution in [2.45, 2.75) is 6.61 Å². The highest BCUT2D eigenvalue weighted by atomic mass is 35.5. The number of carbonyl (C=O) groups is 3. The zero-order valence-electron chi connectivity index (χ0n) is 21.3. The van der Waals surface area contributed by atoms with Crippen molar-refractivity contribution in [1.29, 1.82) is 0 Å². The number of nitro groups is 1. The van der Waals surface area contributed by atoms with Crippen molar-refractivity contribution in [3.8, 4) is 17.2 Å². The minimum Gasteiger partial charge on any atom is -0.495 e. The van der Waals surface area contributed by atoms with E-state index in [9.17, 15) is 24.5 Å². The van der Waals surface area contributed by atoms with E-state index in [2.05, 4.69) is 10.6 Å². The Bertz CT molecular complexity index is 1520.